The number of nitrogens with zero attached hydrogens (tertiary/aromatic N) is 1. The number of hydrogen-bond acceptors (Lipinski definition) is 2. The molecule has 5 nitrogen and oxygen atoms in total. The summed E-state index contributed by atoms with van der Waals surface area (Å²) >= 11 is 0. The first-order valence-electron chi connectivity index (χ1n) is 7.65. The molecular weight excluding hydrogens is 256 g/mol. The van der Waals surface area contributed by atoms with E-state index in [0.29, 0.717) is 19.0 Å². The maximum absolute atomic E-state index is 12.3. The Morgan fingerprint density at radius 2 is 2.05 bits per heavy atom. The summed E-state index contributed by atoms with van der Waals surface area (Å²) < 4.78 is 0. The lowest BCUT2D eigenvalue weighted by molar-refractivity contribution is -0.145. The van der Waals surface area contributed by atoms with Crippen LogP contribution in [0.2, 0.25) is 0 Å². The zero-order chi connectivity index (χ0) is 14.9. The van der Waals surface area contributed by atoms with Gasteiger partial charge in [-0.25, -0.2) is 9.59 Å². The number of nitrogens with one attached hydrogen (secondary N) is 1. The highest BCUT2D eigenvalue weighted by Crippen LogP contribution is 2.51. The second kappa shape index (κ2) is 5.62. The van der Waals surface area contributed by atoms with E-state index in [1.807, 2.05) is 6.92 Å². The van der Waals surface area contributed by atoms with Crippen LogP contribution in [0.15, 0.2) is 0 Å². The van der Waals surface area contributed by atoms with Crippen LogP contribution in [-0.4, -0.2) is 41.1 Å². The topological polar surface area (TPSA) is 69.6 Å². The fourth-order valence-electron chi connectivity index (χ4n) is 3.26. The number of aliphatic carboxylic acids is 1. The molecule has 0 aromatic carbocycles. The van der Waals surface area contributed by atoms with Crippen LogP contribution >= 0.6 is 0 Å². The summed E-state index contributed by atoms with van der Waals surface area (Å²) in [5.74, 6) is -0.317. The van der Waals surface area contributed by atoms with Crippen LogP contribution in [0, 0.1) is 17.3 Å². The van der Waals surface area contributed by atoms with E-state index in [1.165, 1.54) is 4.90 Å². The standard InChI is InChI=1S/C15H26N2O3/c1-10(2)15(6-7-15)9-16-14(20)17-8-4-5-11(3)12(17)13(18)19/h10-12H,4-9H2,1-3H3,(H,16,20)(H,18,19). The van der Waals surface area contributed by atoms with Crippen LogP contribution in [0.1, 0.15) is 46.5 Å². The Balaban J connectivity index is 1.95. The molecule has 2 aliphatic rings. The van der Waals surface area contributed by atoms with Gasteiger partial charge in [-0.15, -0.1) is 0 Å². The van der Waals surface area contributed by atoms with Gasteiger partial charge in [0.2, 0.25) is 0 Å². The molecule has 1 aliphatic carbocycles. The number of piperidine rings is 1. The minimum Gasteiger partial charge on any atom is -0.480 e. The molecule has 2 unspecified atom stereocenters. The van der Waals surface area contributed by atoms with Gasteiger partial charge in [0.15, 0.2) is 0 Å². The molecular formula is C15H26N2O3. The van der Waals surface area contributed by atoms with Crippen molar-refractivity contribution < 1.29 is 14.7 Å². The quantitative estimate of drug-likeness (QED) is 0.831. The van der Waals surface area contributed by atoms with Crippen molar-refractivity contribution >= 4 is 12.0 Å². The Kier molecular flexibility index (Phi) is 4.25. The summed E-state index contributed by atoms with van der Waals surface area (Å²) in [4.78, 5) is 25.2. The van der Waals surface area contributed by atoms with Gasteiger partial charge < -0.3 is 15.3 Å². The smallest absolute Gasteiger partial charge is 0.326 e. The molecule has 0 bridgehead atoms. The molecule has 0 spiro atoms. The van der Waals surface area contributed by atoms with Crippen molar-refractivity contribution in [3.63, 3.8) is 0 Å². The highest BCUT2D eigenvalue weighted by Gasteiger charge is 2.46. The van der Waals surface area contributed by atoms with Crippen molar-refractivity contribution in [3.8, 4) is 0 Å². The number of carbonyl (C=O) groups is 2. The van der Waals surface area contributed by atoms with E-state index in [1.54, 1.807) is 0 Å². The van der Waals surface area contributed by atoms with Crippen LogP contribution in [0.25, 0.3) is 0 Å². The molecule has 2 rings (SSSR count). The Morgan fingerprint density at radius 3 is 2.55 bits per heavy atom. The second-order valence-corrected chi connectivity index (χ2v) is 6.77. The van der Waals surface area contributed by atoms with E-state index in [0.717, 1.165) is 25.7 Å². The lowest BCUT2D eigenvalue weighted by Gasteiger charge is -2.37. The van der Waals surface area contributed by atoms with Crippen LogP contribution < -0.4 is 5.32 Å². The number of likely N-dealkylation sites (tertiary alicyclic amines) is 1. The van der Waals surface area contributed by atoms with E-state index in [4.69, 9.17) is 0 Å². The predicted molar refractivity (Wildman–Crippen MR) is 76.4 cm³/mol. The number of amides is 2. The summed E-state index contributed by atoms with van der Waals surface area (Å²) in [6.45, 7) is 7.49. The van der Waals surface area contributed by atoms with Gasteiger partial charge in [-0.2, -0.15) is 0 Å². The molecule has 5 heteroatoms. The molecule has 0 radical (unpaired) electrons. The molecule has 1 heterocycles. The highest BCUT2D eigenvalue weighted by atomic mass is 16.4. The van der Waals surface area contributed by atoms with Crippen molar-refractivity contribution in [2.45, 2.75) is 52.5 Å². The maximum Gasteiger partial charge on any atom is 0.326 e. The summed E-state index contributed by atoms with van der Waals surface area (Å²) in [6.07, 6.45) is 4.07. The monoisotopic (exact) mass is 282 g/mol. The maximum atomic E-state index is 12.3. The SMILES string of the molecule is CC1CCCN(C(=O)NCC2(C(C)C)CC2)C1C(=O)O. The third-order valence-electron chi connectivity index (χ3n) is 5.16. The lowest BCUT2D eigenvalue weighted by Crippen LogP contribution is -2.55. The number of carbonyl (C=O) groups excluding carboxylic acids is 1. The summed E-state index contributed by atoms with van der Waals surface area (Å²) in [5.41, 5.74) is 0.246. The van der Waals surface area contributed by atoms with Crippen LogP contribution in [0.3, 0.4) is 0 Å². The average Bonchev–Trinajstić information content (AvgIpc) is 3.16. The van der Waals surface area contributed by atoms with E-state index < -0.39 is 12.0 Å². The number of urea groups is 1. The van der Waals surface area contributed by atoms with Gasteiger partial charge in [-0.1, -0.05) is 20.8 Å². The Labute approximate surface area is 120 Å². The van der Waals surface area contributed by atoms with E-state index in [-0.39, 0.29) is 17.4 Å². The van der Waals surface area contributed by atoms with Crippen LogP contribution in [0.4, 0.5) is 4.79 Å². The molecule has 0 aromatic rings. The summed E-state index contributed by atoms with van der Waals surface area (Å²) in [7, 11) is 0. The van der Waals surface area contributed by atoms with Gasteiger partial charge in [0.1, 0.15) is 6.04 Å². The number of rotatable bonds is 4. The Bertz CT molecular complexity index is 391. The lowest BCUT2D eigenvalue weighted by atomic mass is 9.91. The molecule has 2 amide bonds. The van der Waals surface area contributed by atoms with Crippen molar-refractivity contribution in [3.05, 3.63) is 0 Å². The average molecular weight is 282 g/mol. The molecule has 1 saturated heterocycles. The van der Waals surface area contributed by atoms with Crippen molar-refractivity contribution in [1.29, 1.82) is 0 Å². The first-order valence-corrected chi connectivity index (χ1v) is 7.65. The molecule has 20 heavy (non-hydrogen) atoms. The van der Waals surface area contributed by atoms with Crippen molar-refractivity contribution in [2.75, 3.05) is 13.1 Å². The predicted octanol–water partition coefficient (Wildman–Crippen LogP) is 2.32. The zero-order valence-electron chi connectivity index (χ0n) is 12.7. The molecule has 2 fully saturated rings. The first kappa shape index (κ1) is 15.1. The van der Waals surface area contributed by atoms with Gasteiger partial charge in [0.05, 0.1) is 0 Å². The second-order valence-electron chi connectivity index (χ2n) is 6.77. The number of carboxylic acids is 1. The minimum absolute atomic E-state index is 0.0204. The summed E-state index contributed by atoms with van der Waals surface area (Å²) in [5, 5.41) is 12.3. The fourth-order valence-corrected chi connectivity index (χ4v) is 3.26. The van der Waals surface area contributed by atoms with E-state index >= 15 is 0 Å². The third kappa shape index (κ3) is 2.91. The van der Waals surface area contributed by atoms with Crippen molar-refractivity contribution in [2.24, 2.45) is 17.3 Å². The number of hydrogen-bond donors (Lipinski definition) is 2. The fraction of sp³-hybridized carbons (Fsp3) is 0.867. The molecule has 0 aromatic heterocycles. The molecule has 1 saturated carbocycles. The number of carboxylic acid groups (broad SMARTS) is 1. The zero-order valence-corrected chi connectivity index (χ0v) is 12.7. The molecule has 1 aliphatic heterocycles. The molecule has 114 valence electrons. The molecule has 2 atom stereocenters. The summed E-state index contributed by atoms with van der Waals surface area (Å²) in [6, 6.07) is -0.895. The minimum atomic E-state index is -0.891. The van der Waals surface area contributed by atoms with Crippen LogP contribution in [-0.2, 0) is 4.79 Å². The normalized spacial score (nSPS) is 28.3. The first-order chi connectivity index (χ1) is 9.37. The largest absolute Gasteiger partial charge is 0.480 e. The van der Waals surface area contributed by atoms with Gasteiger partial charge in [0, 0.05) is 13.1 Å². The van der Waals surface area contributed by atoms with E-state index in [2.05, 4.69) is 19.2 Å². The third-order valence-corrected chi connectivity index (χ3v) is 5.16. The van der Waals surface area contributed by atoms with Gasteiger partial charge in [-0.3, -0.25) is 0 Å². The Hall–Kier alpha value is -1.26. The van der Waals surface area contributed by atoms with Gasteiger partial charge in [0.25, 0.3) is 0 Å². The molecule has 2 N–H and O–H groups in total. The highest BCUT2D eigenvalue weighted by molar-refractivity contribution is 5.83. The van der Waals surface area contributed by atoms with Gasteiger partial charge >= 0.3 is 12.0 Å². The van der Waals surface area contributed by atoms with Crippen LogP contribution in [0.5, 0.6) is 0 Å². The van der Waals surface area contributed by atoms with Gasteiger partial charge in [-0.05, 0) is 42.9 Å². The van der Waals surface area contributed by atoms with Crippen molar-refractivity contribution in [1.82, 2.24) is 10.2 Å². The Morgan fingerprint density at radius 1 is 1.40 bits per heavy atom. The van der Waals surface area contributed by atoms with E-state index in [9.17, 15) is 14.7 Å².